The number of benzene rings is 1. The van der Waals surface area contributed by atoms with Crippen molar-refractivity contribution in [1.82, 2.24) is 15.5 Å². The van der Waals surface area contributed by atoms with Gasteiger partial charge in [-0.1, -0.05) is 12.1 Å². The Morgan fingerprint density at radius 3 is 2.54 bits per heavy atom. The number of nitrogens with one attached hydrogen (secondary N) is 2. The number of nitrogens with zero attached hydrogens (tertiary/aromatic N) is 3. The van der Waals surface area contributed by atoms with Gasteiger partial charge in [-0.2, -0.15) is 0 Å². The minimum atomic E-state index is -0.120. The molecule has 1 saturated heterocycles. The first-order chi connectivity index (χ1) is 12.3. The fourth-order valence-corrected chi connectivity index (χ4v) is 3.21. The zero-order valence-electron chi connectivity index (χ0n) is 15.6. The summed E-state index contributed by atoms with van der Waals surface area (Å²) in [4.78, 5) is 8.87. The molecule has 0 bridgehead atoms. The van der Waals surface area contributed by atoms with Crippen LogP contribution in [0.15, 0.2) is 29.3 Å². The Balaban J connectivity index is 0.00000243. The molecule has 0 unspecified atom stereocenters. The zero-order valence-corrected chi connectivity index (χ0v) is 17.9. The number of anilines is 1. The number of hydrogen-bond donors (Lipinski definition) is 2. The van der Waals surface area contributed by atoms with Gasteiger partial charge in [0.15, 0.2) is 5.96 Å². The van der Waals surface area contributed by atoms with Crippen molar-refractivity contribution in [2.24, 2.45) is 10.9 Å². The van der Waals surface area contributed by atoms with E-state index in [-0.39, 0.29) is 29.8 Å². The van der Waals surface area contributed by atoms with E-state index in [9.17, 15) is 4.39 Å². The summed E-state index contributed by atoms with van der Waals surface area (Å²) in [5.74, 6) is 1.64. The summed E-state index contributed by atoms with van der Waals surface area (Å²) in [7, 11) is 1.82. The second-order valence-corrected chi connectivity index (χ2v) is 6.96. The quantitative estimate of drug-likeness (QED) is 0.276. The van der Waals surface area contributed by atoms with Gasteiger partial charge < -0.3 is 15.5 Å². The third kappa shape index (κ3) is 6.57. The molecule has 2 N–H and O–H groups in total. The van der Waals surface area contributed by atoms with Gasteiger partial charge in [0.2, 0.25) is 0 Å². The van der Waals surface area contributed by atoms with Crippen LogP contribution in [0.3, 0.4) is 0 Å². The fourth-order valence-electron chi connectivity index (χ4n) is 3.21. The Hall–Kier alpha value is -1.09. The Bertz CT molecular complexity index is 571. The maximum atomic E-state index is 13.9. The van der Waals surface area contributed by atoms with Crippen LogP contribution >= 0.6 is 24.0 Å². The van der Waals surface area contributed by atoms with Gasteiger partial charge in [0.05, 0.1) is 5.69 Å². The van der Waals surface area contributed by atoms with E-state index in [1.54, 1.807) is 6.07 Å². The molecule has 1 saturated carbocycles. The highest BCUT2D eigenvalue weighted by molar-refractivity contribution is 14.0. The van der Waals surface area contributed by atoms with Crippen molar-refractivity contribution in [3.63, 3.8) is 0 Å². The van der Waals surface area contributed by atoms with Crippen molar-refractivity contribution in [3.8, 4) is 0 Å². The van der Waals surface area contributed by atoms with Crippen LogP contribution in [0.5, 0.6) is 0 Å². The predicted molar refractivity (Wildman–Crippen MR) is 117 cm³/mol. The summed E-state index contributed by atoms with van der Waals surface area (Å²) in [5.41, 5.74) is 0.731. The van der Waals surface area contributed by atoms with Gasteiger partial charge in [-0.05, 0) is 43.9 Å². The van der Waals surface area contributed by atoms with Gasteiger partial charge >= 0.3 is 0 Å². The Kier molecular flexibility index (Phi) is 8.90. The molecule has 1 aromatic carbocycles. The van der Waals surface area contributed by atoms with Gasteiger partial charge in [-0.15, -0.1) is 24.0 Å². The van der Waals surface area contributed by atoms with E-state index in [0.29, 0.717) is 0 Å². The third-order valence-corrected chi connectivity index (χ3v) is 4.99. The Morgan fingerprint density at radius 1 is 1.15 bits per heavy atom. The summed E-state index contributed by atoms with van der Waals surface area (Å²) >= 11 is 0. The minimum Gasteiger partial charge on any atom is -0.367 e. The van der Waals surface area contributed by atoms with Gasteiger partial charge in [0, 0.05) is 46.3 Å². The van der Waals surface area contributed by atoms with E-state index in [0.717, 1.165) is 69.8 Å². The van der Waals surface area contributed by atoms with Crippen molar-refractivity contribution in [1.29, 1.82) is 0 Å². The van der Waals surface area contributed by atoms with Gasteiger partial charge in [-0.25, -0.2) is 4.39 Å². The molecular formula is C19H31FIN5. The number of piperazine rings is 1. The lowest BCUT2D eigenvalue weighted by molar-refractivity contribution is 0.254. The molecule has 0 radical (unpaired) electrons. The lowest BCUT2D eigenvalue weighted by Gasteiger charge is -2.36. The molecule has 0 spiro atoms. The van der Waals surface area contributed by atoms with Crippen LogP contribution < -0.4 is 15.5 Å². The maximum Gasteiger partial charge on any atom is 0.190 e. The number of guanidine groups is 1. The molecule has 2 fully saturated rings. The van der Waals surface area contributed by atoms with E-state index in [4.69, 9.17) is 0 Å². The monoisotopic (exact) mass is 475 g/mol. The molecule has 146 valence electrons. The maximum absolute atomic E-state index is 13.9. The van der Waals surface area contributed by atoms with Crippen molar-refractivity contribution >= 4 is 35.6 Å². The van der Waals surface area contributed by atoms with Crippen LogP contribution in [0.2, 0.25) is 0 Å². The van der Waals surface area contributed by atoms with Crippen molar-refractivity contribution in [3.05, 3.63) is 30.1 Å². The van der Waals surface area contributed by atoms with Crippen LogP contribution in [-0.4, -0.2) is 63.7 Å². The second kappa shape index (κ2) is 10.9. The average Bonchev–Trinajstić information content (AvgIpc) is 3.47. The number of halogens is 2. The topological polar surface area (TPSA) is 42.9 Å². The van der Waals surface area contributed by atoms with E-state index in [1.165, 1.54) is 18.9 Å². The molecular weight excluding hydrogens is 444 g/mol. The van der Waals surface area contributed by atoms with Crippen molar-refractivity contribution < 1.29 is 4.39 Å². The lowest BCUT2D eigenvalue weighted by Crippen LogP contribution is -2.47. The summed E-state index contributed by atoms with van der Waals surface area (Å²) in [6.45, 7) is 6.79. The Labute approximate surface area is 173 Å². The van der Waals surface area contributed by atoms with Crippen molar-refractivity contribution in [2.75, 3.05) is 57.8 Å². The van der Waals surface area contributed by atoms with Crippen LogP contribution in [-0.2, 0) is 0 Å². The average molecular weight is 475 g/mol. The molecule has 2 aliphatic rings. The van der Waals surface area contributed by atoms with Crippen molar-refractivity contribution in [2.45, 2.75) is 19.3 Å². The normalized spacial score (nSPS) is 18.4. The molecule has 0 atom stereocenters. The van der Waals surface area contributed by atoms with Gasteiger partial charge in [0.25, 0.3) is 0 Å². The van der Waals surface area contributed by atoms with Gasteiger partial charge in [0.1, 0.15) is 5.82 Å². The predicted octanol–water partition coefficient (Wildman–Crippen LogP) is 2.53. The molecule has 0 amide bonds. The largest absolute Gasteiger partial charge is 0.367 e. The number of aliphatic imine (C=N–C) groups is 1. The first-order valence-corrected chi connectivity index (χ1v) is 9.42. The summed E-state index contributed by atoms with van der Waals surface area (Å²) < 4.78 is 13.9. The highest BCUT2D eigenvalue weighted by atomic mass is 127. The summed E-state index contributed by atoms with van der Waals surface area (Å²) in [6.07, 6.45) is 3.79. The van der Waals surface area contributed by atoms with Crippen LogP contribution in [0.25, 0.3) is 0 Å². The SMILES string of the molecule is CN=C(NCCCN1CCN(c2ccccc2F)CC1)NCC1CC1.I. The summed E-state index contributed by atoms with van der Waals surface area (Å²) in [5, 5.41) is 6.77. The smallest absolute Gasteiger partial charge is 0.190 e. The fraction of sp³-hybridized carbons (Fsp3) is 0.632. The lowest BCUT2D eigenvalue weighted by atomic mass is 10.2. The molecule has 1 aliphatic heterocycles. The Morgan fingerprint density at radius 2 is 1.88 bits per heavy atom. The van der Waals surface area contributed by atoms with Crippen LogP contribution in [0.4, 0.5) is 10.1 Å². The molecule has 1 aromatic rings. The molecule has 0 aromatic heterocycles. The molecule has 3 rings (SSSR count). The van der Waals surface area contributed by atoms with E-state index < -0.39 is 0 Å². The summed E-state index contributed by atoms with van der Waals surface area (Å²) in [6, 6.07) is 7.06. The van der Waals surface area contributed by atoms with Gasteiger partial charge in [-0.3, -0.25) is 9.89 Å². The van der Waals surface area contributed by atoms with Crippen LogP contribution in [0, 0.1) is 11.7 Å². The first kappa shape index (κ1) is 21.2. The standard InChI is InChI=1S/C19H30FN5.HI/c1-21-19(23-15-16-7-8-16)22-9-4-10-24-11-13-25(14-12-24)18-6-3-2-5-17(18)20;/h2-3,5-6,16H,4,7-15H2,1H3,(H2,21,22,23);1H. The highest BCUT2D eigenvalue weighted by Gasteiger charge is 2.21. The van der Waals surface area contributed by atoms with E-state index >= 15 is 0 Å². The van der Waals surface area contributed by atoms with E-state index in [2.05, 4.69) is 25.4 Å². The molecule has 26 heavy (non-hydrogen) atoms. The minimum absolute atomic E-state index is 0. The first-order valence-electron chi connectivity index (χ1n) is 9.42. The number of hydrogen-bond acceptors (Lipinski definition) is 3. The molecule has 7 heteroatoms. The van der Waals surface area contributed by atoms with E-state index in [1.807, 2.05) is 19.2 Å². The highest BCUT2D eigenvalue weighted by Crippen LogP contribution is 2.27. The third-order valence-electron chi connectivity index (χ3n) is 4.99. The van der Waals surface area contributed by atoms with Crippen LogP contribution in [0.1, 0.15) is 19.3 Å². The molecule has 1 aliphatic carbocycles. The zero-order chi connectivity index (χ0) is 17.5. The number of rotatable bonds is 7. The number of para-hydroxylation sites is 1. The second-order valence-electron chi connectivity index (χ2n) is 6.96. The molecule has 5 nitrogen and oxygen atoms in total. The molecule has 1 heterocycles.